The van der Waals surface area contributed by atoms with Gasteiger partial charge >= 0.3 is 0 Å². The summed E-state index contributed by atoms with van der Waals surface area (Å²) in [6.45, 7) is 0. The number of thioether (sulfide) groups is 1. The number of hydrogen-bond donors (Lipinski definition) is 1. The average Bonchev–Trinajstić information content (AvgIpc) is 2.88. The highest BCUT2D eigenvalue weighted by Crippen LogP contribution is 2.31. The van der Waals surface area contributed by atoms with Crippen LogP contribution < -0.4 is 10.5 Å². The van der Waals surface area contributed by atoms with Crippen molar-refractivity contribution in [1.29, 1.82) is 0 Å². The van der Waals surface area contributed by atoms with E-state index in [0.717, 1.165) is 27.1 Å². The number of fused-ring (bicyclic) bond motifs is 1. The van der Waals surface area contributed by atoms with Crippen LogP contribution in [0, 0.1) is 0 Å². The zero-order valence-electron chi connectivity index (χ0n) is 11.3. The molecule has 4 nitrogen and oxygen atoms in total. The van der Waals surface area contributed by atoms with E-state index in [0.29, 0.717) is 16.5 Å². The molecule has 2 N–H and O–H groups in total. The lowest BCUT2D eigenvalue weighted by atomic mass is 10.2. The first kappa shape index (κ1) is 14.3. The zero-order chi connectivity index (χ0) is 14.8. The molecule has 0 unspecified atom stereocenters. The third-order valence-electron chi connectivity index (χ3n) is 3.00. The SMILES string of the molecule is COc1ccc(Br)c(CSc2nc3ccc(N)cc3o2)c1. The van der Waals surface area contributed by atoms with Gasteiger partial charge in [-0.2, -0.15) is 0 Å². The van der Waals surface area contributed by atoms with Crippen molar-refractivity contribution in [3.63, 3.8) is 0 Å². The second-order valence-corrected chi connectivity index (χ2v) is 6.23. The molecule has 108 valence electrons. The number of halogens is 1. The van der Waals surface area contributed by atoms with Gasteiger partial charge in [-0.05, 0) is 35.9 Å². The normalized spacial score (nSPS) is 11.0. The number of methoxy groups -OCH3 is 1. The van der Waals surface area contributed by atoms with Gasteiger partial charge in [-0.25, -0.2) is 4.98 Å². The minimum atomic E-state index is 0.630. The van der Waals surface area contributed by atoms with Crippen LogP contribution in [-0.4, -0.2) is 12.1 Å². The third-order valence-corrected chi connectivity index (χ3v) is 4.65. The molecule has 0 aliphatic carbocycles. The molecule has 1 heterocycles. The van der Waals surface area contributed by atoms with Crippen LogP contribution in [-0.2, 0) is 5.75 Å². The molecule has 1 aromatic heterocycles. The van der Waals surface area contributed by atoms with Crippen LogP contribution in [0.3, 0.4) is 0 Å². The van der Waals surface area contributed by atoms with Crippen LogP contribution in [0.15, 0.2) is 50.5 Å². The Morgan fingerprint density at radius 1 is 1.29 bits per heavy atom. The van der Waals surface area contributed by atoms with E-state index in [9.17, 15) is 0 Å². The van der Waals surface area contributed by atoms with Crippen molar-refractivity contribution < 1.29 is 9.15 Å². The molecule has 0 bridgehead atoms. The summed E-state index contributed by atoms with van der Waals surface area (Å²) in [7, 11) is 1.66. The number of nitrogens with two attached hydrogens (primary N) is 1. The number of benzene rings is 2. The highest BCUT2D eigenvalue weighted by molar-refractivity contribution is 9.10. The Kier molecular flexibility index (Phi) is 4.07. The third kappa shape index (κ3) is 3.16. The van der Waals surface area contributed by atoms with Gasteiger partial charge in [0.25, 0.3) is 5.22 Å². The Morgan fingerprint density at radius 3 is 2.95 bits per heavy atom. The molecule has 0 saturated heterocycles. The number of nitrogen functional groups attached to an aromatic ring is 1. The monoisotopic (exact) mass is 364 g/mol. The first-order valence-electron chi connectivity index (χ1n) is 6.27. The summed E-state index contributed by atoms with van der Waals surface area (Å²) in [6, 6.07) is 11.4. The second kappa shape index (κ2) is 5.99. The van der Waals surface area contributed by atoms with Gasteiger partial charge in [0.15, 0.2) is 5.58 Å². The first-order valence-corrected chi connectivity index (χ1v) is 8.05. The van der Waals surface area contributed by atoms with Crippen LogP contribution in [0.5, 0.6) is 5.75 Å². The van der Waals surface area contributed by atoms with Crippen molar-refractivity contribution in [1.82, 2.24) is 4.98 Å². The van der Waals surface area contributed by atoms with Gasteiger partial charge in [0.05, 0.1) is 7.11 Å². The van der Waals surface area contributed by atoms with Gasteiger partial charge in [0.2, 0.25) is 0 Å². The molecule has 0 saturated carbocycles. The topological polar surface area (TPSA) is 61.3 Å². The van der Waals surface area contributed by atoms with Crippen LogP contribution in [0.4, 0.5) is 5.69 Å². The minimum Gasteiger partial charge on any atom is -0.497 e. The number of nitrogens with zero attached hydrogens (tertiary/aromatic N) is 1. The number of rotatable bonds is 4. The van der Waals surface area contributed by atoms with Crippen LogP contribution in [0.2, 0.25) is 0 Å². The maximum atomic E-state index is 5.74. The van der Waals surface area contributed by atoms with Crippen LogP contribution >= 0.6 is 27.7 Å². The molecule has 0 fully saturated rings. The van der Waals surface area contributed by atoms with Gasteiger partial charge in [-0.15, -0.1) is 0 Å². The van der Waals surface area contributed by atoms with Crippen molar-refractivity contribution >= 4 is 44.5 Å². The molecule has 0 aliphatic heterocycles. The molecule has 3 aromatic rings. The quantitative estimate of drug-likeness (QED) is 0.546. The standard InChI is InChI=1S/C15H13BrN2O2S/c1-19-11-3-4-12(16)9(6-11)8-21-15-18-13-5-2-10(17)7-14(13)20-15/h2-7H,8,17H2,1H3. The van der Waals surface area contributed by atoms with E-state index in [2.05, 4.69) is 20.9 Å². The summed E-state index contributed by atoms with van der Waals surface area (Å²) < 4.78 is 12.0. The second-order valence-electron chi connectivity index (χ2n) is 4.45. The van der Waals surface area contributed by atoms with E-state index in [1.165, 1.54) is 11.8 Å². The summed E-state index contributed by atoms with van der Waals surface area (Å²) >= 11 is 5.08. The van der Waals surface area contributed by atoms with Crippen molar-refractivity contribution in [2.75, 3.05) is 12.8 Å². The summed E-state index contributed by atoms with van der Waals surface area (Å²) in [5.41, 5.74) is 9.06. The Hall–Kier alpha value is -1.66. The highest BCUT2D eigenvalue weighted by Gasteiger charge is 2.09. The Labute approximate surface area is 134 Å². The molecule has 0 atom stereocenters. The Balaban J connectivity index is 1.80. The minimum absolute atomic E-state index is 0.630. The van der Waals surface area contributed by atoms with E-state index in [-0.39, 0.29) is 0 Å². The van der Waals surface area contributed by atoms with Gasteiger partial charge in [-0.1, -0.05) is 27.7 Å². The fourth-order valence-corrected chi connectivity index (χ4v) is 3.31. The van der Waals surface area contributed by atoms with Crippen molar-refractivity contribution in [2.45, 2.75) is 11.0 Å². The average molecular weight is 365 g/mol. The predicted molar refractivity (Wildman–Crippen MR) is 88.7 cm³/mol. The first-order chi connectivity index (χ1) is 10.2. The Bertz CT molecular complexity index is 788. The molecule has 0 amide bonds. The summed E-state index contributed by atoms with van der Waals surface area (Å²) in [4.78, 5) is 4.44. The predicted octanol–water partition coefficient (Wildman–Crippen LogP) is 4.47. The lowest BCUT2D eigenvalue weighted by Gasteiger charge is -2.05. The fourth-order valence-electron chi connectivity index (χ4n) is 1.91. The van der Waals surface area contributed by atoms with E-state index in [4.69, 9.17) is 14.9 Å². The van der Waals surface area contributed by atoms with Gasteiger partial charge in [-0.3, -0.25) is 0 Å². The van der Waals surface area contributed by atoms with Crippen molar-refractivity contribution in [2.24, 2.45) is 0 Å². The maximum absolute atomic E-state index is 5.74. The molecule has 0 aliphatic rings. The molecule has 3 rings (SSSR count). The maximum Gasteiger partial charge on any atom is 0.257 e. The molecule has 21 heavy (non-hydrogen) atoms. The number of hydrogen-bond acceptors (Lipinski definition) is 5. The van der Waals surface area contributed by atoms with E-state index < -0.39 is 0 Å². The largest absolute Gasteiger partial charge is 0.497 e. The number of aromatic nitrogens is 1. The molecular weight excluding hydrogens is 352 g/mol. The van der Waals surface area contributed by atoms with Crippen molar-refractivity contribution in [3.05, 3.63) is 46.4 Å². The summed E-state index contributed by atoms with van der Waals surface area (Å²) in [5.74, 6) is 1.57. The number of ether oxygens (including phenoxy) is 1. The molecule has 0 spiro atoms. The summed E-state index contributed by atoms with van der Waals surface area (Å²) in [6.07, 6.45) is 0. The molecular formula is C15H13BrN2O2S. The fraction of sp³-hybridized carbons (Fsp3) is 0.133. The molecule has 6 heteroatoms. The van der Waals surface area contributed by atoms with Gasteiger partial charge in [0.1, 0.15) is 11.3 Å². The van der Waals surface area contributed by atoms with Crippen LogP contribution in [0.1, 0.15) is 5.56 Å². The van der Waals surface area contributed by atoms with Gasteiger partial charge in [0, 0.05) is 22.0 Å². The van der Waals surface area contributed by atoms with Crippen LogP contribution in [0.25, 0.3) is 11.1 Å². The molecule has 2 aromatic carbocycles. The van der Waals surface area contributed by atoms with E-state index in [1.807, 2.05) is 30.3 Å². The zero-order valence-corrected chi connectivity index (χ0v) is 13.7. The smallest absolute Gasteiger partial charge is 0.257 e. The number of anilines is 1. The van der Waals surface area contributed by atoms with Crippen molar-refractivity contribution in [3.8, 4) is 5.75 Å². The van der Waals surface area contributed by atoms with E-state index >= 15 is 0 Å². The summed E-state index contributed by atoms with van der Waals surface area (Å²) in [5, 5.41) is 0.630. The molecule has 0 radical (unpaired) electrons. The highest BCUT2D eigenvalue weighted by atomic mass is 79.9. The van der Waals surface area contributed by atoms with E-state index in [1.54, 1.807) is 13.2 Å². The Morgan fingerprint density at radius 2 is 2.14 bits per heavy atom. The lowest BCUT2D eigenvalue weighted by molar-refractivity contribution is 0.414. The lowest BCUT2D eigenvalue weighted by Crippen LogP contribution is -1.87. The number of oxazole rings is 1. The van der Waals surface area contributed by atoms with Gasteiger partial charge < -0.3 is 14.9 Å².